The van der Waals surface area contributed by atoms with Crippen LogP contribution < -0.4 is 26.6 Å². The van der Waals surface area contributed by atoms with Crippen LogP contribution in [-0.2, 0) is 16.0 Å². The second-order valence-corrected chi connectivity index (χ2v) is 6.69. The number of rotatable bonds is 7. The number of ether oxygens (including phenoxy) is 1. The summed E-state index contributed by atoms with van der Waals surface area (Å²) in [6, 6.07) is 12.9. The summed E-state index contributed by atoms with van der Waals surface area (Å²) in [5, 5.41) is 2.38. The first-order valence-corrected chi connectivity index (χ1v) is 9.20. The average Bonchev–Trinajstić information content (AvgIpc) is 2.69. The quantitative estimate of drug-likeness (QED) is 0.528. The van der Waals surface area contributed by atoms with Crippen molar-refractivity contribution in [2.75, 3.05) is 0 Å². The molecule has 0 heterocycles. The standard InChI is InChI=1S/C21H26N4O4/c1-13-8-7-11-18(14(13)2)29-15(3)19(26)24-25-20(27)17(23-21(22)28)12-16-9-5-4-6-10-16/h4-11,15,17H,12H2,1-3H3,(H,24,26)(H,25,27)(H3,22,23,28). The first kappa shape index (κ1) is 21.7. The van der Waals surface area contributed by atoms with Gasteiger partial charge in [0.05, 0.1) is 0 Å². The molecule has 0 aliphatic rings. The van der Waals surface area contributed by atoms with Crippen LogP contribution >= 0.6 is 0 Å². The highest BCUT2D eigenvalue weighted by Crippen LogP contribution is 2.21. The van der Waals surface area contributed by atoms with Crippen molar-refractivity contribution in [2.45, 2.75) is 39.3 Å². The van der Waals surface area contributed by atoms with Crippen LogP contribution in [0, 0.1) is 13.8 Å². The van der Waals surface area contributed by atoms with Crippen LogP contribution in [0.25, 0.3) is 0 Å². The molecule has 0 saturated carbocycles. The molecule has 0 fully saturated rings. The van der Waals surface area contributed by atoms with Gasteiger partial charge in [-0.1, -0.05) is 42.5 Å². The number of hydrogen-bond acceptors (Lipinski definition) is 4. The average molecular weight is 398 g/mol. The molecule has 8 heteroatoms. The van der Waals surface area contributed by atoms with E-state index >= 15 is 0 Å². The third-order valence-electron chi connectivity index (χ3n) is 4.45. The number of hydrazine groups is 1. The Bertz CT molecular complexity index is 870. The molecule has 0 aromatic heterocycles. The minimum Gasteiger partial charge on any atom is -0.481 e. The van der Waals surface area contributed by atoms with Gasteiger partial charge in [0.25, 0.3) is 11.8 Å². The smallest absolute Gasteiger partial charge is 0.312 e. The number of hydrogen-bond donors (Lipinski definition) is 4. The molecule has 0 radical (unpaired) electrons. The van der Waals surface area contributed by atoms with Crippen molar-refractivity contribution in [1.29, 1.82) is 0 Å². The van der Waals surface area contributed by atoms with Gasteiger partial charge in [0.2, 0.25) is 0 Å². The minimum absolute atomic E-state index is 0.222. The second-order valence-electron chi connectivity index (χ2n) is 6.69. The Morgan fingerprint density at radius 3 is 2.28 bits per heavy atom. The van der Waals surface area contributed by atoms with Crippen LogP contribution in [-0.4, -0.2) is 30.0 Å². The van der Waals surface area contributed by atoms with Gasteiger partial charge in [-0.2, -0.15) is 0 Å². The molecule has 2 atom stereocenters. The van der Waals surface area contributed by atoms with Crippen LogP contribution in [0.15, 0.2) is 48.5 Å². The molecule has 8 nitrogen and oxygen atoms in total. The largest absolute Gasteiger partial charge is 0.481 e. The summed E-state index contributed by atoms with van der Waals surface area (Å²) in [4.78, 5) is 36.0. The maximum absolute atomic E-state index is 12.4. The third-order valence-corrected chi connectivity index (χ3v) is 4.45. The Morgan fingerprint density at radius 1 is 0.966 bits per heavy atom. The maximum atomic E-state index is 12.4. The Labute approximate surface area is 169 Å². The predicted molar refractivity (Wildman–Crippen MR) is 109 cm³/mol. The van der Waals surface area contributed by atoms with E-state index in [2.05, 4.69) is 16.2 Å². The molecule has 2 aromatic rings. The zero-order valence-corrected chi connectivity index (χ0v) is 16.7. The van der Waals surface area contributed by atoms with Gasteiger partial charge in [-0.15, -0.1) is 0 Å². The normalized spacial score (nSPS) is 12.4. The fraction of sp³-hybridized carbons (Fsp3) is 0.286. The number of benzene rings is 2. The minimum atomic E-state index is -0.939. The van der Waals surface area contributed by atoms with E-state index in [-0.39, 0.29) is 6.42 Å². The van der Waals surface area contributed by atoms with Gasteiger partial charge in [-0.3, -0.25) is 20.4 Å². The van der Waals surface area contributed by atoms with Crippen molar-refractivity contribution < 1.29 is 19.1 Å². The molecule has 154 valence electrons. The van der Waals surface area contributed by atoms with E-state index in [4.69, 9.17) is 10.5 Å². The van der Waals surface area contributed by atoms with E-state index < -0.39 is 30.0 Å². The van der Waals surface area contributed by atoms with Crippen LogP contribution in [0.1, 0.15) is 23.6 Å². The summed E-state index contributed by atoms with van der Waals surface area (Å²) in [5.74, 6) is -0.534. The number of aryl methyl sites for hydroxylation is 1. The lowest BCUT2D eigenvalue weighted by Gasteiger charge is -2.20. The number of urea groups is 1. The van der Waals surface area contributed by atoms with E-state index in [9.17, 15) is 14.4 Å². The highest BCUT2D eigenvalue weighted by atomic mass is 16.5. The number of amides is 4. The summed E-state index contributed by atoms with van der Waals surface area (Å²) >= 11 is 0. The Kier molecular flexibility index (Phi) is 7.59. The maximum Gasteiger partial charge on any atom is 0.312 e. The van der Waals surface area contributed by atoms with Gasteiger partial charge in [-0.05, 0) is 43.5 Å². The molecule has 29 heavy (non-hydrogen) atoms. The second kappa shape index (κ2) is 10.1. The summed E-state index contributed by atoms with van der Waals surface area (Å²) < 4.78 is 5.69. The molecule has 2 rings (SSSR count). The lowest BCUT2D eigenvalue weighted by atomic mass is 10.1. The van der Waals surface area contributed by atoms with Gasteiger partial charge in [-0.25, -0.2) is 4.79 Å². The van der Waals surface area contributed by atoms with Crippen LogP contribution in [0.4, 0.5) is 4.79 Å². The number of nitrogens with one attached hydrogen (secondary N) is 3. The van der Waals surface area contributed by atoms with Crippen molar-refractivity contribution >= 4 is 17.8 Å². The molecule has 0 aliphatic heterocycles. The zero-order valence-electron chi connectivity index (χ0n) is 16.7. The predicted octanol–water partition coefficient (Wildman–Crippen LogP) is 1.50. The molecule has 0 bridgehead atoms. The third kappa shape index (κ3) is 6.53. The molecular weight excluding hydrogens is 372 g/mol. The molecule has 5 N–H and O–H groups in total. The fourth-order valence-electron chi connectivity index (χ4n) is 2.64. The summed E-state index contributed by atoms with van der Waals surface area (Å²) in [5.41, 5.74) is 12.6. The number of nitrogens with two attached hydrogens (primary N) is 1. The van der Waals surface area contributed by atoms with Crippen molar-refractivity contribution in [3.63, 3.8) is 0 Å². The lowest BCUT2D eigenvalue weighted by molar-refractivity contribution is -0.133. The number of carbonyl (C=O) groups is 3. The lowest BCUT2D eigenvalue weighted by Crippen LogP contribution is -2.55. The number of primary amides is 1. The van der Waals surface area contributed by atoms with Gasteiger partial charge >= 0.3 is 6.03 Å². The molecule has 2 aromatic carbocycles. The zero-order chi connectivity index (χ0) is 21.4. The van der Waals surface area contributed by atoms with E-state index in [1.165, 1.54) is 0 Å². The topological polar surface area (TPSA) is 123 Å². The van der Waals surface area contributed by atoms with Gasteiger partial charge in [0, 0.05) is 6.42 Å². The summed E-state index contributed by atoms with van der Waals surface area (Å²) in [7, 11) is 0. The SMILES string of the molecule is Cc1cccc(OC(C)C(=O)NNC(=O)C(Cc2ccccc2)NC(N)=O)c1C. The molecule has 0 spiro atoms. The molecular formula is C21H26N4O4. The van der Waals surface area contributed by atoms with Crippen molar-refractivity contribution in [1.82, 2.24) is 16.2 Å². The Morgan fingerprint density at radius 2 is 1.62 bits per heavy atom. The Balaban J connectivity index is 1.94. The van der Waals surface area contributed by atoms with Gasteiger partial charge in [0.15, 0.2) is 6.10 Å². The summed E-state index contributed by atoms with van der Waals surface area (Å²) in [6.07, 6.45) is -0.618. The highest BCUT2D eigenvalue weighted by Gasteiger charge is 2.22. The molecule has 0 aliphatic carbocycles. The van der Waals surface area contributed by atoms with Crippen LogP contribution in [0.3, 0.4) is 0 Å². The monoisotopic (exact) mass is 398 g/mol. The van der Waals surface area contributed by atoms with Gasteiger partial charge < -0.3 is 15.8 Å². The van der Waals surface area contributed by atoms with Gasteiger partial charge in [0.1, 0.15) is 11.8 Å². The fourth-order valence-corrected chi connectivity index (χ4v) is 2.64. The highest BCUT2D eigenvalue weighted by molar-refractivity contribution is 5.89. The summed E-state index contributed by atoms with van der Waals surface area (Å²) in [6.45, 7) is 5.43. The molecule has 4 amide bonds. The molecule has 0 saturated heterocycles. The van der Waals surface area contributed by atoms with E-state index in [1.54, 1.807) is 13.0 Å². The van der Waals surface area contributed by atoms with Crippen LogP contribution in [0.5, 0.6) is 5.75 Å². The first-order chi connectivity index (χ1) is 13.8. The van der Waals surface area contributed by atoms with E-state index in [0.29, 0.717) is 5.75 Å². The van der Waals surface area contributed by atoms with E-state index in [0.717, 1.165) is 16.7 Å². The molecule has 2 unspecified atom stereocenters. The van der Waals surface area contributed by atoms with Crippen molar-refractivity contribution in [3.8, 4) is 5.75 Å². The van der Waals surface area contributed by atoms with Crippen LogP contribution in [0.2, 0.25) is 0 Å². The van der Waals surface area contributed by atoms with E-state index in [1.807, 2.05) is 56.3 Å². The Hall–Kier alpha value is -3.55. The first-order valence-electron chi connectivity index (χ1n) is 9.20. The van der Waals surface area contributed by atoms with Crippen molar-refractivity contribution in [3.05, 3.63) is 65.2 Å². The number of carbonyl (C=O) groups excluding carboxylic acids is 3. The van der Waals surface area contributed by atoms with Crippen molar-refractivity contribution in [2.24, 2.45) is 5.73 Å².